The van der Waals surface area contributed by atoms with Gasteiger partial charge >= 0.3 is 0 Å². The molecule has 1 heterocycles. The molecule has 0 aromatic heterocycles. The van der Waals surface area contributed by atoms with E-state index < -0.39 is 0 Å². The first-order chi connectivity index (χ1) is 9.74. The molecule has 1 saturated heterocycles. The Balaban J connectivity index is 0.00000220. The fourth-order valence-corrected chi connectivity index (χ4v) is 2.12. The monoisotopic (exact) mass is 312 g/mol. The highest BCUT2D eigenvalue weighted by Gasteiger charge is 2.18. The number of hydrogen-bond donors (Lipinski definition) is 2. The number of benzene rings is 1. The summed E-state index contributed by atoms with van der Waals surface area (Å²) >= 11 is 0. The van der Waals surface area contributed by atoms with E-state index in [0.29, 0.717) is 23.7 Å². The van der Waals surface area contributed by atoms with Gasteiger partial charge in [0.15, 0.2) is 11.5 Å². The summed E-state index contributed by atoms with van der Waals surface area (Å²) in [4.78, 5) is 12.1. The summed E-state index contributed by atoms with van der Waals surface area (Å²) in [6.07, 6.45) is 2.62. The van der Waals surface area contributed by atoms with Crippen LogP contribution < -0.4 is 20.1 Å². The van der Waals surface area contributed by atoms with Crippen molar-refractivity contribution in [3.63, 3.8) is 0 Å². The van der Waals surface area contributed by atoms with Gasteiger partial charge in [-0.3, -0.25) is 4.79 Å². The predicted molar refractivity (Wildman–Crippen MR) is 84.7 cm³/mol. The van der Waals surface area contributed by atoms with Crippen molar-refractivity contribution < 1.29 is 14.3 Å². The normalized spacial score (nSPS) is 16.7. The van der Waals surface area contributed by atoms with Crippen LogP contribution in [0, 0.1) is 0 Å². The van der Waals surface area contributed by atoms with E-state index in [9.17, 15) is 4.79 Å². The number of nitrogens with one attached hydrogen (secondary N) is 2. The average molecular weight is 313 g/mol. The Morgan fingerprint density at radius 2 is 2.33 bits per heavy atom. The zero-order chi connectivity index (χ0) is 14.4. The van der Waals surface area contributed by atoms with E-state index in [-0.39, 0.29) is 24.4 Å². The van der Waals surface area contributed by atoms with Gasteiger partial charge in [-0.15, -0.1) is 12.4 Å². The van der Waals surface area contributed by atoms with Gasteiger partial charge in [-0.1, -0.05) is 12.7 Å². The lowest BCUT2D eigenvalue weighted by Crippen LogP contribution is -2.36. The van der Waals surface area contributed by atoms with Crippen molar-refractivity contribution in [2.24, 2.45) is 0 Å². The largest absolute Gasteiger partial charge is 0.493 e. The van der Waals surface area contributed by atoms with Crippen LogP contribution in [0.3, 0.4) is 0 Å². The van der Waals surface area contributed by atoms with Crippen LogP contribution in [-0.2, 0) is 0 Å². The Labute approximate surface area is 131 Å². The Hall–Kier alpha value is -1.72. The lowest BCUT2D eigenvalue weighted by Gasteiger charge is -2.13. The summed E-state index contributed by atoms with van der Waals surface area (Å²) in [7, 11) is 1.55. The number of rotatable bonds is 6. The van der Waals surface area contributed by atoms with Crippen molar-refractivity contribution in [2.45, 2.75) is 12.5 Å². The van der Waals surface area contributed by atoms with E-state index in [1.54, 1.807) is 31.4 Å². The Bertz CT molecular complexity index is 488. The molecule has 1 atom stereocenters. The van der Waals surface area contributed by atoms with Crippen LogP contribution in [0.4, 0.5) is 0 Å². The highest BCUT2D eigenvalue weighted by molar-refractivity contribution is 5.95. The summed E-state index contributed by atoms with van der Waals surface area (Å²) in [6.45, 7) is 5.77. The van der Waals surface area contributed by atoms with Gasteiger partial charge in [-0.25, -0.2) is 0 Å². The first kappa shape index (κ1) is 17.3. The molecule has 0 bridgehead atoms. The van der Waals surface area contributed by atoms with Crippen LogP contribution in [0.1, 0.15) is 16.8 Å². The molecule has 1 amide bonds. The smallest absolute Gasteiger partial charge is 0.251 e. The maximum Gasteiger partial charge on any atom is 0.251 e. The summed E-state index contributed by atoms with van der Waals surface area (Å²) in [6, 6.07) is 5.36. The van der Waals surface area contributed by atoms with Gasteiger partial charge in [0.05, 0.1) is 7.11 Å². The van der Waals surface area contributed by atoms with Crippen molar-refractivity contribution in [3.05, 3.63) is 36.4 Å². The number of halogens is 1. The van der Waals surface area contributed by atoms with Crippen molar-refractivity contribution in [2.75, 3.05) is 26.8 Å². The van der Waals surface area contributed by atoms with Gasteiger partial charge in [0.2, 0.25) is 0 Å². The van der Waals surface area contributed by atoms with E-state index in [4.69, 9.17) is 9.47 Å². The first-order valence-corrected chi connectivity index (χ1v) is 6.68. The van der Waals surface area contributed by atoms with Crippen molar-refractivity contribution in [1.29, 1.82) is 0 Å². The molecule has 21 heavy (non-hydrogen) atoms. The second kappa shape index (κ2) is 8.54. The van der Waals surface area contributed by atoms with Gasteiger partial charge in [-0.05, 0) is 31.2 Å². The second-order valence-corrected chi connectivity index (χ2v) is 4.63. The minimum Gasteiger partial charge on any atom is -0.493 e. The second-order valence-electron chi connectivity index (χ2n) is 4.63. The molecule has 116 valence electrons. The van der Waals surface area contributed by atoms with E-state index in [1.165, 1.54) is 0 Å². The first-order valence-electron chi connectivity index (χ1n) is 6.68. The lowest BCUT2D eigenvalue weighted by molar-refractivity contribution is 0.0939. The number of ether oxygens (including phenoxy) is 2. The van der Waals surface area contributed by atoms with E-state index >= 15 is 0 Å². The van der Waals surface area contributed by atoms with Crippen molar-refractivity contribution in [3.8, 4) is 11.5 Å². The molecule has 5 nitrogen and oxygen atoms in total. The van der Waals surface area contributed by atoms with E-state index in [0.717, 1.165) is 19.5 Å². The number of methoxy groups -OCH3 is 1. The molecule has 1 aromatic rings. The molecule has 1 unspecified atom stereocenters. The molecule has 0 spiro atoms. The SMILES string of the molecule is C=CCOc1ccc(C(=O)NC2CCNC2)cc1OC.Cl. The van der Waals surface area contributed by atoms with Crippen LogP contribution >= 0.6 is 12.4 Å². The minimum atomic E-state index is -0.0905. The van der Waals surface area contributed by atoms with Crippen LogP contribution in [0.15, 0.2) is 30.9 Å². The third kappa shape index (κ3) is 4.65. The fraction of sp³-hybridized carbons (Fsp3) is 0.400. The average Bonchev–Trinajstić information content (AvgIpc) is 2.97. The summed E-state index contributed by atoms with van der Waals surface area (Å²) in [5.74, 6) is 1.06. The van der Waals surface area contributed by atoms with Gasteiger partial charge in [-0.2, -0.15) is 0 Å². The zero-order valence-corrected chi connectivity index (χ0v) is 12.9. The number of carbonyl (C=O) groups is 1. The molecule has 0 saturated carbocycles. The van der Waals surface area contributed by atoms with Gasteiger partial charge in [0, 0.05) is 18.2 Å². The lowest BCUT2D eigenvalue weighted by atomic mass is 10.1. The summed E-state index contributed by atoms with van der Waals surface area (Å²) in [5, 5.41) is 6.21. The van der Waals surface area contributed by atoms with Crippen LogP contribution in [0.5, 0.6) is 11.5 Å². The fourth-order valence-electron chi connectivity index (χ4n) is 2.12. The molecule has 1 aliphatic rings. The van der Waals surface area contributed by atoms with Crippen LogP contribution in [0.25, 0.3) is 0 Å². The van der Waals surface area contributed by atoms with Crippen molar-refractivity contribution >= 4 is 18.3 Å². The standard InChI is InChI=1S/C15H20N2O3.ClH/c1-3-8-20-13-5-4-11(9-14(13)19-2)15(18)17-12-6-7-16-10-12;/h3-5,9,12,16H,1,6-8,10H2,2H3,(H,17,18);1H. The van der Waals surface area contributed by atoms with E-state index in [1.807, 2.05) is 0 Å². The van der Waals surface area contributed by atoms with Gasteiger partial charge in [0.25, 0.3) is 5.91 Å². The number of amides is 1. The van der Waals surface area contributed by atoms with Crippen LogP contribution in [0.2, 0.25) is 0 Å². The van der Waals surface area contributed by atoms with Crippen LogP contribution in [-0.4, -0.2) is 38.8 Å². The Kier molecular flexibility index (Phi) is 7.05. The number of hydrogen-bond acceptors (Lipinski definition) is 4. The molecule has 1 aromatic carbocycles. The molecular formula is C15H21ClN2O3. The molecule has 0 aliphatic carbocycles. The third-order valence-corrected chi connectivity index (χ3v) is 3.18. The highest BCUT2D eigenvalue weighted by Crippen LogP contribution is 2.28. The highest BCUT2D eigenvalue weighted by atomic mass is 35.5. The van der Waals surface area contributed by atoms with Gasteiger partial charge < -0.3 is 20.1 Å². The van der Waals surface area contributed by atoms with Crippen molar-refractivity contribution in [1.82, 2.24) is 10.6 Å². The Morgan fingerprint density at radius 3 is 2.95 bits per heavy atom. The molecule has 2 N–H and O–H groups in total. The predicted octanol–water partition coefficient (Wildman–Crippen LogP) is 1.77. The minimum absolute atomic E-state index is 0. The topological polar surface area (TPSA) is 59.6 Å². The quantitative estimate of drug-likeness (QED) is 0.786. The molecule has 1 aliphatic heterocycles. The maximum absolute atomic E-state index is 12.1. The molecule has 6 heteroatoms. The maximum atomic E-state index is 12.1. The summed E-state index contributed by atoms with van der Waals surface area (Å²) in [5.41, 5.74) is 0.569. The molecule has 1 fully saturated rings. The molecular weight excluding hydrogens is 292 g/mol. The Morgan fingerprint density at radius 1 is 1.52 bits per heavy atom. The third-order valence-electron chi connectivity index (χ3n) is 3.18. The zero-order valence-electron chi connectivity index (χ0n) is 12.1. The number of carbonyl (C=O) groups excluding carboxylic acids is 1. The summed E-state index contributed by atoms with van der Waals surface area (Å²) < 4.78 is 10.7. The van der Waals surface area contributed by atoms with Gasteiger partial charge in [0.1, 0.15) is 6.61 Å². The molecule has 2 rings (SSSR count). The molecule has 0 radical (unpaired) electrons. The van der Waals surface area contributed by atoms with E-state index in [2.05, 4.69) is 17.2 Å².